The van der Waals surface area contributed by atoms with Crippen LogP contribution in [0.15, 0.2) is 0 Å². The van der Waals surface area contributed by atoms with Crippen molar-refractivity contribution >= 4 is 39.5 Å². The number of rotatable bonds is 75. The van der Waals surface area contributed by atoms with Gasteiger partial charge >= 0.3 is 39.5 Å². The van der Waals surface area contributed by atoms with Gasteiger partial charge in [-0.05, 0) is 49.4 Å². The number of unbranched alkanes of at least 4 members (excludes halogenated alkanes) is 41. The largest absolute Gasteiger partial charge is 0.472 e. The second-order valence-corrected chi connectivity index (χ2v) is 32.9. The fourth-order valence-electron chi connectivity index (χ4n) is 11.9. The van der Waals surface area contributed by atoms with Crippen molar-refractivity contribution in [3.63, 3.8) is 0 Å². The summed E-state index contributed by atoms with van der Waals surface area (Å²) in [4.78, 5) is 72.9. The molecule has 0 aliphatic carbocycles. The number of hydrogen-bond donors (Lipinski definition) is 3. The zero-order valence-corrected chi connectivity index (χ0v) is 65.5. The number of ether oxygens (including phenoxy) is 4. The first-order valence-corrected chi connectivity index (χ1v) is 43.2. The molecule has 0 radical (unpaired) electrons. The molecule has 0 heterocycles. The molecule has 0 aromatic heterocycles. The summed E-state index contributed by atoms with van der Waals surface area (Å²) in [6, 6.07) is 0. The van der Waals surface area contributed by atoms with E-state index in [9.17, 15) is 43.2 Å². The van der Waals surface area contributed by atoms with Gasteiger partial charge in [-0.1, -0.05) is 344 Å². The van der Waals surface area contributed by atoms with Crippen LogP contribution in [0.1, 0.15) is 396 Å². The summed E-state index contributed by atoms with van der Waals surface area (Å²) in [5.41, 5.74) is 0. The van der Waals surface area contributed by atoms with Crippen molar-refractivity contribution in [2.75, 3.05) is 39.6 Å². The smallest absolute Gasteiger partial charge is 0.462 e. The van der Waals surface area contributed by atoms with Crippen molar-refractivity contribution in [1.82, 2.24) is 0 Å². The molecule has 2 unspecified atom stereocenters. The molecular formula is C78H152O17P2. The molecule has 0 amide bonds. The molecule has 0 aliphatic heterocycles. The van der Waals surface area contributed by atoms with Gasteiger partial charge in [0, 0.05) is 25.7 Å². The number of aliphatic hydroxyl groups excluding tert-OH is 1. The molecule has 0 saturated carbocycles. The van der Waals surface area contributed by atoms with Crippen molar-refractivity contribution in [2.24, 2.45) is 23.7 Å². The second kappa shape index (κ2) is 67.2. The Labute approximate surface area is 594 Å². The molecule has 0 bridgehead atoms. The third kappa shape index (κ3) is 72.2. The Morgan fingerprint density at radius 1 is 0.258 bits per heavy atom. The molecule has 0 saturated heterocycles. The minimum absolute atomic E-state index is 0.105. The standard InChI is InChI=1S/C78H152O17P2/c1-68(2)54-46-38-30-24-18-13-11-9-10-12-14-21-27-33-42-50-58-75(80)88-64-73(94-78(83)61-53-45-35-29-23-17-20-26-32-40-48-56-70(5)6)66-92-96(84,85)90-62-72(79)63-91-97(86,87)93-67-74(65-89-76(81)59-51-43-37-36-41-49-57-71(7)8)95-77(82)60-52-44-34-28-22-16-15-19-25-31-39-47-55-69(3)4/h68-74,79H,9-67H2,1-8H3,(H,84,85)(H,86,87)/t72-,73-,74-/m1/s1. The number of esters is 4. The van der Waals surface area contributed by atoms with Crippen LogP contribution in [-0.4, -0.2) is 96.7 Å². The summed E-state index contributed by atoms with van der Waals surface area (Å²) >= 11 is 0. The number of hydrogen-bond acceptors (Lipinski definition) is 15. The number of carbonyl (C=O) groups excluding carboxylic acids is 4. The fourth-order valence-corrected chi connectivity index (χ4v) is 13.5. The van der Waals surface area contributed by atoms with Crippen molar-refractivity contribution in [3.05, 3.63) is 0 Å². The molecule has 0 spiro atoms. The van der Waals surface area contributed by atoms with E-state index in [1.807, 2.05) is 0 Å². The zero-order valence-electron chi connectivity index (χ0n) is 63.7. The molecular weight excluding hydrogens is 1270 g/mol. The van der Waals surface area contributed by atoms with Crippen LogP contribution in [0.4, 0.5) is 0 Å². The summed E-state index contributed by atoms with van der Waals surface area (Å²) in [6.45, 7) is 14.2. The normalized spacial score (nSPS) is 14.1. The van der Waals surface area contributed by atoms with Crippen molar-refractivity contribution in [3.8, 4) is 0 Å². The topological polar surface area (TPSA) is 237 Å². The van der Waals surface area contributed by atoms with Crippen LogP contribution in [0.3, 0.4) is 0 Å². The van der Waals surface area contributed by atoms with Crippen molar-refractivity contribution in [1.29, 1.82) is 0 Å². The molecule has 3 N–H and O–H groups in total. The Kier molecular flexibility index (Phi) is 65.9. The highest BCUT2D eigenvalue weighted by Gasteiger charge is 2.30. The average Bonchev–Trinajstić information content (AvgIpc) is 1.12. The van der Waals surface area contributed by atoms with Gasteiger partial charge in [0.1, 0.15) is 19.3 Å². The summed E-state index contributed by atoms with van der Waals surface area (Å²) in [7, 11) is -9.92. The first-order chi connectivity index (χ1) is 46.6. The number of aliphatic hydroxyl groups is 1. The van der Waals surface area contributed by atoms with Gasteiger partial charge in [0.15, 0.2) is 12.2 Å². The van der Waals surface area contributed by atoms with Gasteiger partial charge in [-0.3, -0.25) is 37.3 Å². The first-order valence-electron chi connectivity index (χ1n) is 40.2. The van der Waals surface area contributed by atoms with Crippen molar-refractivity contribution in [2.45, 2.75) is 414 Å². The first kappa shape index (κ1) is 95.1. The van der Waals surface area contributed by atoms with Gasteiger partial charge in [-0.2, -0.15) is 0 Å². The maximum Gasteiger partial charge on any atom is 0.472 e. The predicted octanol–water partition coefficient (Wildman–Crippen LogP) is 22.8. The maximum absolute atomic E-state index is 13.1. The lowest BCUT2D eigenvalue weighted by Gasteiger charge is -2.21. The number of phosphoric acid groups is 2. The van der Waals surface area contributed by atoms with Crippen LogP contribution in [0.25, 0.3) is 0 Å². The van der Waals surface area contributed by atoms with Gasteiger partial charge in [0.25, 0.3) is 0 Å². The molecule has 0 fully saturated rings. The van der Waals surface area contributed by atoms with E-state index in [0.717, 1.165) is 114 Å². The second-order valence-electron chi connectivity index (χ2n) is 30.0. The average molecular weight is 1420 g/mol. The van der Waals surface area contributed by atoms with E-state index < -0.39 is 97.5 Å². The molecule has 5 atom stereocenters. The maximum atomic E-state index is 13.1. The SMILES string of the molecule is CC(C)CCCCCCCCCCCCCCCCCCC(=O)OC[C@H](COP(=O)(O)OC[C@@H](O)COP(=O)(O)OC[C@@H](COC(=O)CCCCCCCCC(C)C)OC(=O)CCCCCCCCCCCCCCC(C)C)OC(=O)CCCCCCCCCCCCCC(C)C. The predicted molar refractivity (Wildman–Crippen MR) is 395 cm³/mol. The molecule has 17 nitrogen and oxygen atoms in total. The lowest BCUT2D eigenvalue weighted by Crippen LogP contribution is -2.30. The van der Waals surface area contributed by atoms with E-state index in [4.69, 9.17) is 37.0 Å². The Morgan fingerprint density at radius 2 is 0.433 bits per heavy atom. The quantitative estimate of drug-likeness (QED) is 0.0222. The van der Waals surface area contributed by atoms with Crippen LogP contribution in [0.5, 0.6) is 0 Å². The fraction of sp³-hybridized carbons (Fsp3) is 0.949. The van der Waals surface area contributed by atoms with Gasteiger partial charge in [0.2, 0.25) is 0 Å². The van der Waals surface area contributed by atoms with Crippen LogP contribution in [0, 0.1) is 23.7 Å². The molecule has 19 heteroatoms. The highest BCUT2D eigenvalue weighted by Crippen LogP contribution is 2.45. The third-order valence-corrected chi connectivity index (χ3v) is 20.0. The Balaban J connectivity index is 5.21. The third-order valence-electron chi connectivity index (χ3n) is 18.1. The van der Waals surface area contributed by atoms with Crippen LogP contribution < -0.4 is 0 Å². The lowest BCUT2D eigenvalue weighted by molar-refractivity contribution is -0.161. The minimum atomic E-state index is -4.96. The Morgan fingerprint density at radius 3 is 0.639 bits per heavy atom. The van der Waals surface area contributed by atoms with Crippen LogP contribution >= 0.6 is 15.6 Å². The van der Waals surface area contributed by atoms with Crippen molar-refractivity contribution < 1.29 is 80.2 Å². The van der Waals surface area contributed by atoms with E-state index in [1.165, 1.54) is 193 Å². The summed E-state index contributed by atoms with van der Waals surface area (Å²) in [5, 5.41) is 10.6. The van der Waals surface area contributed by atoms with E-state index in [2.05, 4.69) is 55.4 Å². The van der Waals surface area contributed by atoms with Gasteiger partial charge in [-0.25, -0.2) is 9.13 Å². The molecule has 97 heavy (non-hydrogen) atoms. The Hall–Kier alpha value is -1.94. The van der Waals surface area contributed by atoms with E-state index in [-0.39, 0.29) is 25.7 Å². The highest BCUT2D eigenvalue weighted by molar-refractivity contribution is 7.47. The summed E-state index contributed by atoms with van der Waals surface area (Å²) in [5.74, 6) is 0.914. The lowest BCUT2D eigenvalue weighted by atomic mass is 10.0. The minimum Gasteiger partial charge on any atom is -0.462 e. The van der Waals surface area contributed by atoms with Crippen LogP contribution in [0.2, 0.25) is 0 Å². The van der Waals surface area contributed by atoms with Gasteiger partial charge < -0.3 is 33.8 Å². The summed E-state index contributed by atoms with van der Waals surface area (Å²) in [6.07, 6.45) is 52.9. The Bertz CT molecular complexity index is 1900. The molecule has 576 valence electrons. The number of carbonyl (C=O) groups is 4. The molecule has 0 aromatic rings. The zero-order chi connectivity index (χ0) is 71.7. The monoisotopic (exact) mass is 1420 g/mol. The molecule has 0 rings (SSSR count). The van der Waals surface area contributed by atoms with Gasteiger partial charge in [0.05, 0.1) is 26.4 Å². The van der Waals surface area contributed by atoms with E-state index in [1.54, 1.807) is 0 Å². The highest BCUT2D eigenvalue weighted by atomic mass is 31.2. The van der Waals surface area contributed by atoms with E-state index >= 15 is 0 Å². The van der Waals surface area contributed by atoms with E-state index in [0.29, 0.717) is 31.6 Å². The van der Waals surface area contributed by atoms with Gasteiger partial charge in [-0.15, -0.1) is 0 Å². The summed E-state index contributed by atoms with van der Waals surface area (Å²) < 4.78 is 68.6. The van der Waals surface area contributed by atoms with Crippen LogP contribution in [-0.2, 0) is 65.4 Å². The molecule has 0 aliphatic rings. The molecule has 0 aromatic carbocycles. The number of phosphoric ester groups is 2.